The lowest BCUT2D eigenvalue weighted by atomic mass is 10.1. The van der Waals surface area contributed by atoms with Gasteiger partial charge in [0.2, 0.25) is 0 Å². The lowest BCUT2D eigenvalue weighted by Gasteiger charge is -2.08. The van der Waals surface area contributed by atoms with Crippen molar-refractivity contribution in [1.29, 1.82) is 0 Å². The van der Waals surface area contributed by atoms with Crippen molar-refractivity contribution in [2.45, 2.75) is 6.92 Å². The second-order valence-corrected chi connectivity index (χ2v) is 5.00. The second kappa shape index (κ2) is 5.66. The van der Waals surface area contributed by atoms with Crippen LogP contribution in [0.15, 0.2) is 34.8 Å². The highest BCUT2D eigenvalue weighted by atomic mass is 79.9. The number of halogens is 4. The van der Waals surface area contributed by atoms with Gasteiger partial charge in [0.15, 0.2) is 17.5 Å². The fraction of sp³-hybridized carbons (Fsp3) is 0.0714. The summed E-state index contributed by atoms with van der Waals surface area (Å²) in [4.78, 5) is 11.9. The smallest absolute Gasteiger partial charge is 0.255 e. The van der Waals surface area contributed by atoms with Gasteiger partial charge in [0.25, 0.3) is 5.91 Å². The maximum absolute atomic E-state index is 13.4. The molecule has 104 valence electrons. The Kier molecular flexibility index (Phi) is 4.13. The summed E-state index contributed by atoms with van der Waals surface area (Å²) in [6.45, 7) is 1.79. The van der Waals surface area contributed by atoms with Crippen molar-refractivity contribution >= 4 is 27.5 Å². The molecule has 0 heterocycles. The third-order valence-corrected chi connectivity index (χ3v) is 3.59. The van der Waals surface area contributed by atoms with Gasteiger partial charge in [-0.15, -0.1) is 0 Å². The second-order valence-electron chi connectivity index (χ2n) is 4.14. The zero-order valence-electron chi connectivity index (χ0n) is 10.3. The summed E-state index contributed by atoms with van der Waals surface area (Å²) in [5.41, 5.74) is 0.702. The van der Waals surface area contributed by atoms with E-state index in [2.05, 4.69) is 21.2 Å². The number of aryl methyl sites for hydroxylation is 1. The molecular weight excluding hydrogens is 335 g/mol. The molecule has 0 atom stereocenters. The van der Waals surface area contributed by atoms with E-state index >= 15 is 0 Å². The van der Waals surface area contributed by atoms with Crippen LogP contribution in [0.2, 0.25) is 0 Å². The molecule has 0 radical (unpaired) electrons. The quantitative estimate of drug-likeness (QED) is 0.803. The number of amides is 1. The van der Waals surface area contributed by atoms with E-state index in [4.69, 9.17) is 0 Å². The van der Waals surface area contributed by atoms with E-state index in [9.17, 15) is 18.0 Å². The molecule has 2 nitrogen and oxygen atoms in total. The summed E-state index contributed by atoms with van der Waals surface area (Å²) in [5, 5.41) is 2.21. The Labute approximate surface area is 121 Å². The fourth-order valence-corrected chi connectivity index (χ4v) is 1.85. The van der Waals surface area contributed by atoms with E-state index in [1.54, 1.807) is 19.1 Å². The first-order valence-corrected chi connectivity index (χ1v) is 6.40. The molecule has 6 heteroatoms. The zero-order valence-corrected chi connectivity index (χ0v) is 11.9. The van der Waals surface area contributed by atoms with E-state index in [1.807, 2.05) is 0 Å². The standard InChI is InChI=1S/C14H9BrF3NO/c1-7-6-8(2-3-9(7)15)14(20)19-11-5-4-10(16)12(17)13(11)18/h2-6H,1H3,(H,19,20). The maximum Gasteiger partial charge on any atom is 0.255 e. The van der Waals surface area contributed by atoms with Crippen molar-refractivity contribution in [3.63, 3.8) is 0 Å². The predicted octanol–water partition coefficient (Wildman–Crippen LogP) is 4.43. The molecule has 20 heavy (non-hydrogen) atoms. The van der Waals surface area contributed by atoms with Crippen LogP contribution >= 0.6 is 15.9 Å². The lowest BCUT2D eigenvalue weighted by Crippen LogP contribution is -2.14. The number of hydrogen-bond donors (Lipinski definition) is 1. The third kappa shape index (κ3) is 2.85. The first-order chi connectivity index (χ1) is 9.40. The number of hydrogen-bond acceptors (Lipinski definition) is 1. The van der Waals surface area contributed by atoms with Gasteiger partial charge in [-0.1, -0.05) is 15.9 Å². The van der Waals surface area contributed by atoms with Gasteiger partial charge in [0.1, 0.15) is 0 Å². The number of anilines is 1. The number of carbonyl (C=O) groups is 1. The highest BCUT2D eigenvalue weighted by molar-refractivity contribution is 9.10. The Bertz CT molecular complexity index is 688. The van der Waals surface area contributed by atoms with Crippen LogP contribution in [0.3, 0.4) is 0 Å². The molecule has 0 unspecified atom stereocenters. The predicted molar refractivity (Wildman–Crippen MR) is 73.1 cm³/mol. The largest absolute Gasteiger partial charge is 0.319 e. The molecular formula is C14H9BrF3NO. The molecule has 1 N–H and O–H groups in total. The minimum atomic E-state index is -1.62. The molecule has 2 aromatic carbocycles. The molecule has 2 rings (SSSR count). The van der Waals surface area contributed by atoms with Crippen molar-refractivity contribution in [3.05, 3.63) is 63.4 Å². The molecule has 0 saturated carbocycles. The Balaban J connectivity index is 2.28. The van der Waals surface area contributed by atoms with Crippen LogP contribution < -0.4 is 5.32 Å². The SMILES string of the molecule is Cc1cc(C(=O)Nc2ccc(F)c(F)c2F)ccc1Br. The Morgan fingerprint density at radius 2 is 1.80 bits per heavy atom. The normalized spacial score (nSPS) is 10.4. The number of nitrogens with one attached hydrogen (secondary N) is 1. The van der Waals surface area contributed by atoms with Gasteiger partial charge in [-0.05, 0) is 42.8 Å². The van der Waals surface area contributed by atoms with Crippen LogP contribution in [-0.2, 0) is 0 Å². The summed E-state index contributed by atoms with van der Waals surface area (Å²) in [5.74, 6) is -4.95. The number of rotatable bonds is 2. The molecule has 0 bridgehead atoms. The van der Waals surface area contributed by atoms with E-state index in [1.165, 1.54) is 6.07 Å². The monoisotopic (exact) mass is 343 g/mol. The van der Waals surface area contributed by atoms with E-state index in [0.717, 1.165) is 22.2 Å². The van der Waals surface area contributed by atoms with Gasteiger partial charge in [0.05, 0.1) is 5.69 Å². The van der Waals surface area contributed by atoms with Gasteiger partial charge in [-0.3, -0.25) is 4.79 Å². The summed E-state index contributed by atoms with van der Waals surface area (Å²) in [6.07, 6.45) is 0. The van der Waals surface area contributed by atoms with Crippen LogP contribution in [0.5, 0.6) is 0 Å². The zero-order chi connectivity index (χ0) is 14.9. The molecule has 0 aliphatic heterocycles. The number of benzene rings is 2. The van der Waals surface area contributed by atoms with Crippen molar-refractivity contribution in [2.24, 2.45) is 0 Å². The van der Waals surface area contributed by atoms with Crippen molar-refractivity contribution < 1.29 is 18.0 Å². The van der Waals surface area contributed by atoms with Gasteiger partial charge in [-0.25, -0.2) is 13.2 Å². The molecule has 0 spiro atoms. The molecule has 0 fully saturated rings. The van der Waals surface area contributed by atoms with Gasteiger partial charge in [0, 0.05) is 10.0 Å². The van der Waals surface area contributed by atoms with Crippen molar-refractivity contribution in [1.82, 2.24) is 0 Å². The molecule has 0 aliphatic rings. The van der Waals surface area contributed by atoms with E-state index in [0.29, 0.717) is 0 Å². The Hall–Kier alpha value is -1.82. The minimum absolute atomic E-state index is 0.287. The topological polar surface area (TPSA) is 29.1 Å². The molecule has 0 aliphatic carbocycles. The fourth-order valence-electron chi connectivity index (χ4n) is 1.60. The van der Waals surface area contributed by atoms with E-state index in [-0.39, 0.29) is 5.56 Å². The highest BCUT2D eigenvalue weighted by Crippen LogP contribution is 2.21. The molecule has 0 saturated heterocycles. The molecule has 1 amide bonds. The average Bonchev–Trinajstić information content (AvgIpc) is 2.42. The van der Waals surface area contributed by atoms with Crippen LogP contribution in [0, 0.1) is 24.4 Å². The van der Waals surface area contributed by atoms with Crippen LogP contribution in [0.1, 0.15) is 15.9 Å². The average molecular weight is 344 g/mol. The summed E-state index contributed by atoms with van der Waals surface area (Å²) < 4.78 is 40.1. The first-order valence-electron chi connectivity index (χ1n) is 5.61. The van der Waals surface area contributed by atoms with Crippen LogP contribution in [0.25, 0.3) is 0 Å². The maximum atomic E-state index is 13.4. The van der Waals surface area contributed by atoms with E-state index < -0.39 is 29.0 Å². The molecule has 2 aromatic rings. The highest BCUT2D eigenvalue weighted by Gasteiger charge is 2.16. The van der Waals surface area contributed by atoms with Crippen molar-refractivity contribution in [3.8, 4) is 0 Å². The third-order valence-electron chi connectivity index (χ3n) is 2.70. The van der Waals surface area contributed by atoms with Crippen molar-refractivity contribution in [2.75, 3.05) is 5.32 Å². The lowest BCUT2D eigenvalue weighted by molar-refractivity contribution is 0.102. The first kappa shape index (κ1) is 14.6. The number of carbonyl (C=O) groups excluding carboxylic acids is 1. The van der Waals surface area contributed by atoms with Gasteiger partial charge in [-0.2, -0.15) is 0 Å². The Morgan fingerprint density at radius 3 is 2.45 bits per heavy atom. The molecule has 0 aromatic heterocycles. The summed E-state index contributed by atoms with van der Waals surface area (Å²) >= 11 is 3.29. The minimum Gasteiger partial charge on any atom is -0.319 e. The Morgan fingerprint density at radius 1 is 1.10 bits per heavy atom. The van der Waals surface area contributed by atoms with Gasteiger partial charge >= 0.3 is 0 Å². The summed E-state index contributed by atoms with van der Waals surface area (Å²) in [6, 6.07) is 6.52. The van der Waals surface area contributed by atoms with Crippen LogP contribution in [-0.4, -0.2) is 5.91 Å². The van der Waals surface area contributed by atoms with Crippen LogP contribution in [0.4, 0.5) is 18.9 Å². The summed E-state index contributed by atoms with van der Waals surface area (Å²) in [7, 11) is 0. The van der Waals surface area contributed by atoms with Gasteiger partial charge < -0.3 is 5.32 Å².